The fraction of sp³-hybridized carbons (Fsp3) is 0.782. The number of rotatable bonds is 44. The first-order valence-corrected chi connectivity index (χ1v) is 26.6. The van der Waals surface area contributed by atoms with Crippen LogP contribution in [0.5, 0.6) is 0 Å². The molecule has 0 saturated carbocycles. The molecule has 0 bridgehead atoms. The van der Waals surface area contributed by atoms with Crippen LogP contribution >= 0.6 is 0 Å². The second-order valence-corrected chi connectivity index (χ2v) is 18.1. The van der Waals surface area contributed by atoms with Gasteiger partial charge in [0, 0.05) is 19.3 Å². The fourth-order valence-electron chi connectivity index (χ4n) is 7.65. The molecule has 3 N–H and O–H groups in total. The maximum Gasteiger partial charge on any atom is 0.335 e. The Morgan fingerprint density at radius 3 is 1.40 bits per heavy atom. The number of hydrogen-bond acceptors (Lipinski definition) is 11. The van der Waals surface area contributed by atoms with Gasteiger partial charge in [-0.15, -0.1) is 0 Å². The Morgan fingerprint density at radius 2 is 0.910 bits per heavy atom. The number of ether oxygens (including phenoxy) is 5. The highest BCUT2D eigenvalue weighted by atomic mass is 16.7. The van der Waals surface area contributed by atoms with Gasteiger partial charge in [0.25, 0.3) is 0 Å². The summed E-state index contributed by atoms with van der Waals surface area (Å²) < 4.78 is 28.2. The van der Waals surface area contributed by atoms with Gasteiger partial charge in [-0.05, 0) is 89.9 Å². The third-order valence-corrected chi connectivity index (χ3v) is 11.8. The summed E-state index contributed by atoms with van der Waals surface area (Å²) in [5.74, 6) is -3.16. The molecule has 0 aromatic rings. The zero-order valence-corrected chi connectivity index (χ0v) is 42.1. The van der Waals surface area contributed by atoms with Crippen molar-refractivity contribution < 1.29 is 58.2 Å². The van der Waals surface area contributed by atoms with Gasteiger partial charge in [-0.25, -0.2) is 4.79 Å². The van der Waals surface area contributed by atoms with Crippen molar-refractivity contribution in [3.63, 3.8) is 0 Å². The van der Waals surface area contributed by atoms with Crippen LogP contribution in [0.2, 0.25) is 0 Å². The minimum atomic E-state index is -1.91. The van der Waals surface area contributed by atoms with Crippen molar-refractivity contribution in [1.82, 2.24) is 0 Å². The first-order chi connectivity index (χ1) is 32.6. The quantitative estimate of drug-likeness (QED) is 0.0228. The summed E-state index contributed by atoms with van der Waals surface area (Å²) in [4.78, 5) is 50.8. The summed E-state index contributed by atoms with van der Waals surface area (Å²) in [5.41, 5.74) is 0. The van der Waals surface area contributed by atoms with Gasteiger partial charge < -0.3 is 39.0 Å². The SMILES string of the molecule is CCCC/C=C\CCCCCCCC(=O)OCC(COC1OC(C(=O)O)C(O)C(O)C1OC(=O)CCCCCCC/C=C\C/C=C\CCCCC)OC(=O)CCCCCCC/C=C\CCCC. The zero-order chi connectivity index (χ0) is 49.0. The topological polar surface area (TPSA) is 175 Å². The van der Waals surface area contributed by atoms with E-state index < -0.39 is 67.3 Å². The van der Waals surface area contributed by atoms with E-state index in [0.717, 1.165) is 122 Å². The molecule has 1 aliphatic rings. The van der Waals surface area contributed by atoms with Gasteiger partial charge in [-0.2, -0.15) is 0 Å². The van der Waals surface area contributed by atoms with Gasteiger partial charge >= 0.3 is 23.9 Å². The Kier molecular flexibility index (Phi) is 40.4. The fourth-order valence-corrected chi connectivity index (χ4v) is 7.65. The molecule has 1 fully saturated rings. The number of aliphatic hydroxyl groups excluding tert-OH is 2. The number of carbonyl (C=O) groups is 4. The lowest BCUT2D eigenvalue weighted by Crippen LogP contribution is -2.61. The average molecular weight is 947 g/mol. The van der Waals surface area contributed by atoms with Gasteiger partial charge in [0.1, 0.15) is 18.8 Å². The standard InChI is InChI=1S/C55H94O12/c1-4-7-10-13-16-19-22-23-24-25-28-31-34-37-40-43-49(58)66-53-51(60)50(59)52(54(61)62)67-55(53)64-45-46(65-48(57)42-39-36-33-30-27-21-18-15-12-9-6-3)44-63-47(56)41-38-35-32-29-26-20-17-14-11-8-5-2/h14-19,23-24,46,50-53,55,59-60H,4-13,20-22,25-45H2,1-3H3,(H,61,62)/b17-14-,18-15-,19-16-,24-23-. The van der Waals surface area contributed by atoms with Crippen molar-refractivity contribution in [3.05, 3.63) is 48.6 Å². The van der Waals surface area contributed by atoms with Gasteiger partial charge in [0.15, 0.2) is 24.6 Å². The molecule has 1 heterocycles. The van der Waals surface area contributed by atoms with Crippen LogP contribution in [-0.2, 0) is 42.9 Å². The molecular weight excluding hydrogens is 853 g/mol. The highest BCUT2D eigenvalue weighted by molar-refractivity contribution is 5.74. The highest BCUT2D eigenvalue weighted by Crippen LogP contribution is 2.26. The van der Waals surface area contributed by atoms with E-state index in [0.29, 0.717) is 19.3 Å². The molecule has 0 spiro atoms. The number of carboxylic acid groups (broad SMARTS) is 1. The lowest BCUT2D eigenvalue weighted by atomic mass is 9.98. The minimum Gasteiger partial charge on any atom is -0.479 e. The molecule has 12 nitrogen and oxygen atoms in total. The molecule has 6 unspecified atom stereocenters. The molecule has 0 amide bonds. The van der Waals surface area contributed by atoms with E-state index in [4.69, 9.17) is 23.7 Å². The first kappa shape index (κ1) is 61.7. The highest BCUT2D eigenvalue weighted by Gasteiger charge is 2.50. The number of aliphatic carboxylic acids is 1. The maximum absolute atomic E-state index is 13.0. The summed E-state index contributed by atoms with van der Waals surface area (Å²) in [6, 6.07) is 0. The summed E-state index contributed by atoms with van der Waals surface area (Å²) in [6.45, 7) is 5.84. The molecule has 1 aliphatic heterocycles. The summed E-state index contributed by atoms with van der Waals surface area (Å²) >= 11 is 0. The van der Waals surface area contributed by atoms with E-state index in [1.54, 1.807) is 0 Å². The molecule has 67 heavy (non-hydrogen) atoms. The molecule has 12 heteroatoms. The average Bonchev–Trinajstić information content (AvgIpc) is 3.31. The minimum absolute atomic E-state index is 0.0433. The molecule has 0 aromatic heterocycles. The molecule has 6 atom stereocenters. The third-order valence-electron chi connectivity index (χ3n) is 11.8. The number of allylic oxidation sites excluding steroid dienone is 8. The first-order valence-electron chi connectivity index (χ1n) is 26.6. The Bertz CT molecular complexity index is 1360. The van der Waals surface area contributed by atoms with Crippen LogP contribution in [-0.4, -0.2) is 89.2 Å². The summed E-state index contributed by atoms with van der Waals surface area (Å²) in [7, 11) is 0. The van der Waals surface area contributed by atoms with E-state index in [1.807, 2.05) is 0 Å². The van der Waals surface area contributed by atoms with Gasteiger partial charge in [0.05, 0.1) is 6.61 Å². The predicted octanol–water partition coefficient (Wildman–Crippen LogP) is 12.7. The van der Waals surface area contributed by atoms with Crippen molar-refractivity contribution in [2.24, 2.45) is 0 Å². The number of esters is 3. The van der Waals surface area contributed by atoms with E-state index in [1.165, 1.54) is 44.9 Å². The van der Waals surface area contributed by atoms with Gasteiger partial charge in [0.2, 0.25) is 0 Å². The third kappa shape index (κ3) is 34.6. The van der Waals surface area contributed by atoms with E-state index in [9.17, 15) is 34.5 Å². The van der Waals surface area contributed by atoms with Gasteiger partial charge in [-0.1, -0.05) is 166 Å². The smallest absolute Gasteiger partial charge is 0.335 e. The van der Waals surface area contributed by atoms with E-state index >= 15 is 0 Å². The summed E-state index contributed by atoms with van der Waals surface area (Å²) in [5, 5.41) is 31.3. The van der Waals surface area contributed by atoms with Crippen LogP contribution in [0, 0.1) is 0 Å². The molecule has 1 saturated heterocycles. The number of carbonyl (C=O) groups excluding carboxylic acids is 3. The van der Waals surface area contributed by atoms with Crippen molar-refractivity contribution in [1.29, 1.82) is 0 Å². The molecule has 386 valence electrons. The van der Waals surface area contributed by atoms with Crippen molar-refractivity contribution in [3.8, 4) is 0 Å². The van der Waals surface area contributed by atoms with Gasteiger partial charge in [-0.3, -0.25) is 14.4 Å². The largest absolute Gasteiger partial charge is 0.479 e. The Balaban J connectivity index is 2.74. The molecule has 0 radical (unpaired) electrons. The number of unbranched alkanes of at least 4 members (excludes halogenated alkanes) is 22. The van der Waals surface area contributed by atoms with E-state index in [-0.39, 0.29) is 25.9 Å². The van der Waals surface area contributed by atoms with Crippen LogP contribution in [0.4, 0.5) is 0 Å². The van der Waals surface area contributed by atoms with Crippen molar-refractivity contribution >= 4 is 23.9 Å². The van der Waals surface area contributed by atoms with Crippen LogP contribution in [0.25, 0.3) is 0 Å². The normalized spacial score (nSPS) is 19.2. The molecule has 0 aliphatic carbocycles. The predicted molar refractivity (Wildman–Crippen MR) is 266 cm³/mol. The van der Waals surface area contributed by atoms with E-state index in [2.05, 4.69) is 69.4 Å². The Hall–Kier alpha value is -3.32. The van der Waals surface area contributed by atoms with Crippen LogP contribution < -0.4 is 0 Å². The second-order valence-electron chi connectivity index (χ2n) is 18.1. The molecule has 0 aromatic carbocycles. The number of carboxylic acids is 1. The number of aliphatic hydroxyl groups is 2. The Labute approximate surface area is 405 Å². The maximum atomic E-state index is 13.0. The Morgan fingerprint density at radius 1 is 0.493 bits per heavy atom. The lowest BCUT2D eigenvalue weighted by Gasteiger charge is -2.40. The van der Waals surface area contributed by atoms with Crippen LogP contribution in [0.1, 0.15) is 226 Å². The molecular formula is C55H94O12. The van der Waals surface area contributed by atoms with Crippen LogP contribution in [0.3, 0.4) is 0 Å². The van der Waals surface area contributed by atoms with Crippen LogP contribution in [0.15, 0.2) is 48.6 Å². The lowest BCUT2D eigenvalue weighted by molar-refractivity contribution is -0.301. The summed E-state index contributed by atoms with van der Waals surface area (Å²) in [6.07, 6.45) is 38.1. The number of hydrogen-bond donors (Lipinski definition) is 3. The zero-order valence-electron chi connectivity index (χ0n) is 42.1. The monoisotopic (exact) mass is 947 g/mol. The molecule has 1 rings (SSSR count). The second kappa shape index (κ2) is 43.9. The van der Waals surface area contributed by atoms with Crippen molar-refractivity contribution in [2.45, 2.75) is 263 Å². The van der Waals surface area contributed by atoms with Crippen molar-refractivity contribution in [2.75, 3.05) is 13.2 Å².